The third kappa shape index (κ3) is 2.78. The van der Waals surface area contributed by atoms with Crippen molar-refractivity contribution in [3.63, 3.8) is 0 Å². The number of carbonyl (C=O) groups is 1. The zero-order valence-corrected chi connectivity index (χ0v) is 9.94. The number of rotatable bonds is 2. The van der Waals surface area contributed by atoms with Crippen LogP contribution in [-0.2, 0) is 0 Å². The summed E-state index contributed by atoms with van der Waals surface area (Å²) in [4.78, 5) is 14.3. The molecule has 2 aromatic rings. The Bertz CT molecular complexity index is 568. The number of hydrogen-bond donors (Lipinski definition) is 2. The molecule has 1 aromatic heterocycles. The molecule has 6 heteroatoms. The third-order valence-corrected chi connectivity index (χ3v) is 2.53. The van der Waals surface area contributed by atoms with Crippen LogP contribution in [0.25, 0.3) is 0 Å². The fourth-order valence-corrected chi connectivity index (χ4v) is 1.60. The predicted octanol–water partition coefficient (Wildman–Crippen LogP) is 3.71. The van der Waals surface area contributed by atoms with Crippen LogP contribution in [0.1, 0.15) is 10.5 Å². The van der Waals surface area contributed by atoms with Gasteiger partial charge in [0, 0.05) is 11.2 Å². The topological polar surface area (TPSA) is 44.9 Å². The molecule has 17 heavy (non-hydrogen) atoms. The van der Waals surface area contributed by atoms with E-state index in [1.54, 1.807) is 0 Å². The zero-order valence-electron chi connectivity index (χ0n) is 8.43. The van der Waals surface area contributed by atoms with Gasteiger partial charge in [0.1, 0.15) is 11.5 Å². The lowest BCUT2D eigenvalue weighted by molar-refractivity contribution is 0.102. The van der Waals surface area contributed by atoms with Crippen LogP contribution in [0, 0.1) is 5.82 Å². The predicted molar refractivity (Wildman–Crippen MR) is 65.2 cm³/mol. The first-order chi connectivity index (χ1) is 8.06. The molecule has 0 atom stereocenters. The van der Waals surface area contributed by atoms with Gasteiger partial charge in [-0.05, 0) is 24.3 Å². The van der Waals surface area contributed by atoms with E-state index in [4.69, 9.17) is 23.2 Å². The van der Waals surface area contributed by atoms with Gasteiger partial charge in [-0.25, -0.2) is 4.39 Å². The van der Waals surface area contributed by atoms with Crippen LogP contribution in [0.5, 0.6) is 0 Å². The molecule has 1 aromatic carbocycles. The number of hydrogen-bond acceptors (Lipinski definition) is 1. The van der Waals surface area contributed by atoms with Gasteiger partial charge in [0.25, 0.3) is 5.91 Å². The Balaban J connectivity index is 2.18. The minimum absolute atomic E-state index is 0.0603. The first kappa shape index (κ1) is 12.0. The van der Waals surface area contributed by atoms with E-state index in [2.05, 4.69) is 10.3 Å². The number of aromatic amines is 1. The number of anilines is 1. The van der Waals surface area contributed by atoms with Crippen LogP contribution in [0.15, 0.2) is 30.5 Å². The number of benzene rings is 1. The second kappa shape index (κ2) is 4.77. The monoisotopic (exact) mass is 272 g/mol. The molecular formula is C11H7Cl2FN2O. The molecule has 0 saturated carbocycles. The summed E-state index contributed by atoms with van der Waals surface area (Å²) < 4.78 is 13.4. The molecule has 0 radical (unpaired) electrons. The Morgan fingerprint density at radius 2 is 2.00 bits per heavy atom. The Labute approximate surface area is 107 Å². The van der Waals surface area contributed by atoms with Crippen LogP contribution in [0.3, 0.4) is 0 Å². The molecule has 0 unspecified atom stereocenters. The van der Waals surface area contributed by atoms with E-state index >= 15 is 0 Å². The van der Waals surface area contributed by atoms with Crippen molar-refractivity contribution < 1.29 is 9.18 Å². The van der Waals surface area contributed by atoms with Gasteiger partial charge in [-0.1, -0.05) is 23.2 Å². The van der Waals surface area contributed by atoms with E-state index in [-0.39, 0.29) is 16.4 Å². The molecule has 0 bridgehead atoms. The summed E-state index contributed by atoms with van der Waals surface area (Å²) in [7, 11) is 0. The maximum absolute atomic E-state index is 13.4. The molecule has 88 valence electrons. The largest absolute Gasteiger partial charge is 0.356 e. The standard InChI is InChI=1S/C11H7Cl2FN2O/c12-6-1-2-9(8(14)3-6)16-11(17)10-4-7(13)5-15-10/h1-5,15H,(H,16,17). The number of amides is 1. The summed E-state index contributed by atoms with van der Waals surface area (Å²) in [6.45, 7) is 0. The second-order valence-corrected chi connectivity index (χ2v) is 4.18. The number of H-pyrrole nitrogens is 1. The average molecular weight is 273 g/mol. The highest BCUT2D eigenvalue weighted by atomic mass is 35.5. The first-order valence-electron chi connectivity index (χ1n) is 4.66. The van der Waals surface area contributed by atoms with Gasteiger partial charge in [-0.3, -0.25) is 4.79 Å². The molecule has 0 aliphatic heterocycles. The summed E-state index contributed by atoms with van der Waals surface area (Å²) in [6.07, 6.45) is 1.47. The van der Waals surface area contributed by atoms with Crippen molar-refractivity contribution in [3.05, 3.63) is 52.0 Å². The number of nitrogens with one attached hydrogen (secondary N) is 2. The maximum atomic E-state index is 13.4. The normalized spacial score (nSPS) is 10.3. The van der Waals surface area contributed by atoms with Crippen LogP contribution >= 0.6 is 23.2 Å². The van der Waals surface area contributed by atoms with Crippen LogP contribution in [0.4, 0.5) is 10.1 Å². The van der Waals surface area contributed by atoms with Gasteiger partial charge in [0.05, 0.1) is 10.7 Å². The molecule has 3 nitrogen and oxygen atoms in total. The Morgan fingerprint density at radius 1 is 1.24 bits per heavy atom. The summed E-state index contributed by atoms with van der Waals surface area (Å²) >= 11 is 11.3. The second-order valence-electron chi connectivity index (χ2n) is 3.31. The molecule has 1 heterocycles. The lowest BCUT2D eigenvalue weighted by Crippen LogP contribution is -2.13. The van der Waals surface area contributed by atoms with E-state index in [0.29, 0.717) is 5.02 Å². The summed E-state index contributed by atoms with van der Waals surface area (Å²) in [5.74, 6) is -1.07. The number of halogens is 3. The molecule has 2 rings (SSSR count). The van der Waals surface area contributed by atoms with Gasteiger partial charge in [0.15, 0.2) is 0 Å². The van der Waals surface area contributed by atoms with Crippen molar-refractivity contribution in [3.8, 4) is 0 Å². The van der Waals surface area contributed by atoms with Gasteiger partial charge >= 0.3 is 0 Å². The van der Waals surface area contributed by atoms with Crippen LogP contribution < -0.4 is 5.32 Å². The average Bonchev–Trinajstić information content (AvgIpc) is 2.69. The van der Waals surface area contributed by atoms with E-state index in [1.165, 1.54) is 24.4 Å². The van der Waals surface area contributed by atoms with Gasteiger partial charge in [-0.15, -0.1) is 0 Å². The maximum Gasteiger partial charge on any atom is 0.272 e. The van der Waals surface area contributed by atoms with Crippen molar-refractivity contribution in [2.24, 2.45) is 0 Å². The van der Waals surface area contributed by atoms with Crippen LogP contribution in [-0.4, -0.2) is 10.9 Å². The Morgan fingerprint density at radius 3 is 2.59 bits per heavy atom. The lowest BCUT2D eigenvalue weighted by atomic mass is 10.3. The van der Waals surface area contributed by atoms with E-state index in [0.717, 1.165) is 6.07 Å². The van der Waals surface area contributed by atoms with E-state index in [1.807, 2.05) is 0 Å². The highest BCUT2D eigenvalue weighted by Crippen LogP contribution is 2.19. The summed E-state index contributed by atoms with van der Waals surface area (Å²) in [6, 6.07) is 5.45. The van der Waals surface area contributed by atoms with Crippen molar-refractivity contribution in [1.82, 2.24) is 4.98 Å². The smallest absolute Gasteiger partial charge is 0.272 e. The Hall–Kier alpha value is -1.52. The van der Waals surface area contributed by atoms with E-state index < -0.39 is 11.7 Å². The quantitative estimate of drug-likeness (QED) is 0.860. The van der Waals surface area contributed by atoms with Crippen LogP contribution in [0.2, 0.25) is 10.0 Å². The van der Waals surface area contributed by atoms with Crippen molar-refractivity contribution in [2.45, 2.75) is 0 Å². The third-order valence-electron chi connectivity index (χ3n) is 2.07. The van der Waals surface area contributed by atoms with Gasteiger partial charge < -0.3 is 10.3 Å². The number of carbonyl (C=O) groups excluding carboxylic acids is 1. The summed E-state index contributed by atoms with van der Waals surface area (Å²) in [5, 5.41) is 3.08. The molecule has 0 fully saturated rings. The lowest BCUT2D eigenvalue weighted by Gasteiger charge is -2.05. The SMILES string of the molecule is O=C(Nc1ccc(Cl)cc1F)c1cc(Cl)c[nH]1. The molecular weight excluding hydrogens is 266 g/mol. The molecule has 0 aliphatic rings. The minimum Gasteiger partial charge on any atom is -0.356 e. The zero-order chi connectivity index (χ0) is 12.4. The Kier molecular flexibility index (Phi) is 3.36. The van der Waals surface area contributed by atoms with Crippen molar-refractivity contribution in [2.75, 3.05) is 5.32 Å². The van der Waals surface area contributed by atoms with Crippen molar-refractivity contribution in [1.29, 1.82) is 0 Å². The molecule has 0 aliphatic carbocycles. The van der Waals surface area contributed by atoms with Crippen molar-refractivity contribution >= 4 is 34.8 Å². The van der Waals surface area contributed by atoms with Gasteiger partial charge in [-0.2, -0.15) is 0 Å². The van der Waals surface area contributed by atoms with E-state index in [9.17, 15) is 9.18 Å². The summed E-state index contributed by atoms with van der Waals surface area (Å²) in [5.41, 5.74) is 0.314. The highest BCUT2D eigenvalue weighted by Gasteiger charge is 2.11. The van der Waals surface area contributed by atoms with Gasteiger partial charge in [0.2, 0.25) is 0 Å². The minimum atomic E-state index is -0.594. The number of aromatic nitrogens is 1. The molecule has 0 saturated heterocycles. The fraction of sp³-hybridized carbons (Fsp3) is 0. The highest BCUT2D eigenvalue weighted by molar-refractivity contribution is 6.31. The molecule has 0 spiro atoms. The molecule has 1 amide bonds. The molecule has 2 N–H and O–H groups in total. The first-order valence-corrected chi connectivity index (χ1v) is 5.42. The fourth-order valence-electron chi connectivity index (χ4n) is 1.28.